The van der Waals surface area contributed by atoms with Gasteiger partial charge in [0, 0.05) is 18.2 Å². The molecule has 0 aromatic carbocycles. The van der Waals surface area contributed by atoms with Crippen LogP contribution in [0.2, 0.25) is 0 Å². The molecule has 1 N–H and O–H groups in total. The molecule has 1 aromatic heterocycles. The van der Waals surface area contributed by atoms with Crippen molar-refractivity contribution in [1.29, 1.82) is 0 Å². The molecule has 2 nitrogen and oxygen atoms in total. The van der Waals surface area contributed by atoms with Crippen LogP contribution in [0, 0.1) is 6.07 Å². The topological polar surface area (TPSA) is 28.7 Å². The molecule has 9 heavy (non-hydrogen) atoms. The Labute approximate surface area is 54.3 Å². The molecule has 1 aliphatic carbocycles. The minimum atomic E-state index is 0.719. The largest absolute Gasteiger partial charge is 0.285 e. The minimum Gasteiger partial charge on any atom is -0.285 e. The number of nitrogens with one attached hydrogen (secondary N) is 1. The minimum absolute atomic E-state index is 0.719. The highest BCUT2D eigenvalue weighted by Gasteiger charge is 2.20. The summed E-state index contributed by atoms with van der Waals surface area (Å²) in [6.45, 7) is 0. The van der Waals surface area contributed by atoms with Gasteiger partial charge in [0.1, 0.15) is 0 Å². The van der Waals surface area contributed by atoms with Crippen LogP contribution in [0.1, 0.15) is 30.9 Å². The quantitative estimate of drug-likeness (QED) is 0.599. The highest BCUT2D eigenvalue weighted by Crippen LogP contribution is 2.34. The van der Waals surface area contributed by atoms with Crippen molar-refractivity contribution in [2.75, 3.05) is 0 Å². The van der Waals surface area contributed by atoms with Crippen LogP contribution >= 0.6 is 0 Å². The standard InChI is InChI=1S/C7H9N2/c1-2-6(3-1)7-4-5-8-9-7/h5-6H,1-3H2,(H,8,9). The zero-order chi connectivity index (χ0) is 6.10. The van der Waals surface area contributed by atoms with E-state index in [0.717, 1.165) is 11.6 Å². The summed E-state index contributed by atoms with van der Waals surface area (Å²) in [5, 5.41) is 6.83. The van der Waals surface area contributed by atoms with Gasteiger partial charge in [-0.25, -0.2) is 0 Å². The normalized spacial score (nSPS) is 19.6. The summed E-state index contributed by atoms with van der Waals surface area (Å²) in [5.74, 6) is 0.719. The lowest BCUT2D eigenvalue weighted by Crippen LogP contribution is -2.08. The molecule has 0 aliphatic heterocycles. The van der Waals surface area contributed by atoms with Gasteiger partial charge in [-0.15, -0.1) is 0 Å². The molecule has 0 unspecified atom stereocenters. The first-order chi connectivity index (χ1) is 4.47. The Morgan fingerprint density at radius 2 is 2.56 bits per heavy atom. The molecule has 0 bridgehead atoms. The number of hydrogen-bond acceptors (Lipinski definition) is 1. The van der Waals surface area contributed by atoms with Crippen LogP contribution in [-0.2, 0) is 0 Å². The van der Waals surface area contributed by atoms with Gasteiger partial charge >= 0.3 is 0 Å². The molecule has 1 aromatic rings. The molecule has 1 fully saturated rings. The summed E-state index contributed by atoms with van der Waals surface area (Å²) in [5.41, 5.74) is 1.13. The summed E-state index contributed by atoms with van der Waals surface area (Å²) < 4.78 is 0. The first-order valence-electron chi connectivity index (χ1n) is 3.38. The SMILES string of the molecule is [c]1c[nH]nc1C1CCC1. The number of nitrogens with zero attached hydrogens (tertiary/aromatic N) is 1. The van der Waals surface area contributed by atoms with Crippen LogP contribution in [0.4, 0.5) is 0 Å². The van der Waals surface area contributed by atoms with E-state index in [2.05, 4.69) is 16.3 Å². The number of aromatic nitrogens is 2. The molecule has 1 saturated carbocycles. The second kappa shape index (κ2) is 1.87. The van der Waals surface area contributed by atoms with Crippen molar-refractivity contribution in [3.8, 4) is 0 Å². The zero-order valence-electron chi connectivity index (χ0n) is 5.22. The van der Waals surface area contributed by atoms with Crippen LogP contribution in [0.25, 0.3) is 0 Å². The van der Waals surface area contributed by atoms with E-state index >= 15 is 0 Å². The van der Waals surface area contributed by atoms with Gasteiger partial charge in [-0.2, -0.15) is 5.10 Å². The van der Waals surface area contributed by atoms with E-state index in [1.54, 1.807) is 6.20 Å². The lowest BCUT2D eigenvalue weighted by molar-refractivity contribution is 0.410. The number of aromatic amines is 1. The Morgan fingerprint density at radius 3 is 3.00 bits per heavy atom. The van der Waals surface area contributed by atoms with E-state index in [1.165, 1.54) is 19.3 Å². The average Bonchev–Trinajstić information content (AvgIpc) is 2.11. The van der Waals surface area contributed by atoms with Gasteiger partial charge in [0.15, 0.2) is 0 Å². The first kappa shape index (κ1) is 5.03. The van der Waals surface area contributed by atoms with E-state index in [0.29, 0.717) is 0 Å². The van der Waals surface area contributed by atoms with Crippen LogP contribution < -0.4 is 0 Å². The second-order valence-electron chi connectivity index (χ2n) is 2.54. The van der Waals surface area contributed by atoms with Crippen LogP contribution in [-0.4, -0.2) is 10.2 Å². The van der Waals surface area contributed by atoms with Crippen molar-refractivity contribution < 1.29 is 0 Å². The Balaban J connectivity index is 2.14. The summed E-state index contributed by atoms with van der Waals surface area (Å²) >= 11 is 0. The Morgan fingerprint density at radius 1 is 1.67 bits per heavy atom. The van der Waals surface area contributed by atoms with Crippen molar-refractivity contribution in [3.05, 3.63) is 18.0 Å². The lowest BCUT2D eigenvalue weighted by atomic mass is 9.83. The van der Waals surface area contributed by atoms with Crippen LogP contribution in [0.3, 0.4) is 0 Å². The Hall–Kier alpha value is -0.790. The lowest BCUT2D eigenvalue weighted by Gasteiger charge is -2.22. The zero-order valence-corrected chi connectivity index (χ0v) is 5.22. The number of hydrogen-bond donors (Lipinski definition) is 1. The molecule has 47 valence electrons. The van der Waals surface area contributed by atoms with Crippen molar-refractivity contribution in [2.24, 2.45) is 0 Å². The third-order valence-electron chi connectivity index (χ3n) is 1.96. The summed E-state index contributed by atoms with van der Waals surface area (Å²) in [7, 11) is 0. The maximum Gasteiger partial charge on any atom is 0.0732 e. The van der Waals surface area contributed by atoms with Crippen molar-refractivity contribution in [2.45, 2.75) is 25.2 Å². The fourth-order valence-corrected chi connectivity index (χ4v) is 1.13. The Kier molecular flexibility index (Phi) is 1.04. The predicted molar refractivity (Wildman–Crippen MR) is 34.0 cm³/mol. The fourth-order valence-electron chi connectivity index (χ4n) is 1.13. The molecule has 0 amide bonds. The highest BCUT2D eigenvalue weighted by atomic mass is 15.1. The molecular weight excluding hydrogens is 112 g/mol. The third-order valence-corrected chi connectivity index (χ3v) is 1.96. The van der Waals surface area contributed by atoms with Crippen molar-refractivity contribution in [3.63, 3.8) is 0 Å². The highest BCUT2D eigenvalue weighted by molar-refractivity contribution is 5.06. The van der Waals surface area contributed by atoms with Gasteiger partial charge in [-0.05, 0) is 12.8 Å². The van der Waals surface area contributed by atoms with Gasteiger partial charge in [0.05, 0.1) is 5.69 Å². The molecule has 1 heterocycles. The maximum atomic E-state index is 4.06. The summed E-state index contributed by atoms with van der Waals surface area (Å²) in [6, 6.07) is 3.07. The second-order valence-corrected chi connectivity index (χ2v) is 2.54. The van der Waals surface area contributed by atoms with E-state index in [-0.39, 0.29) is 0 Å². The molecule has 0 saturated heterocycles. The van der Waals surface area contributed by atoms with Gasteiger partial charge in [0.25, 0.3) is 0 Å². The maximum absolute atomic E-state index is 4.06. The first-order valence-corrected chi connectivity index (χ1v) is 3.38. The monoisotopic (exact) mass is 121 g/mol. The molecular formula is C7H9N2. The van der Waals surface area contributed by atoms with Gasteiger partial charge in [-0.1, -0.05) is 6.42 Å². The van der Waals surface area contributed by atoms with Gasteiger partial charge < -0.3 is 0 Å². The third kappa shape index (κ3) is 0.745. The number of rotatable bonds is 1. The average molecular weight is 121 g/mol. The molecule has 1 radical (unpaired) electrons. The van der Waals surface area contributed by atoms with E-state index in [4.69, 9.17) is 0 Å². The van der Waals surface area contributed by atoms with Crippen LogP contribution in [0.5, 0.6) is 0 Å². The van der Waals surface area contributed by atoms with E-state index in [1.807, 2.05) is 0 Å². The molecule has 0 spiro atoms. The van der Waals surface area contributed by atoms with Crippen molar-refractivity contribution in [1.82, 2.24) is 10.2 Å². The molecule has 0 atom stereocenters. The van der Waals surface area contributed by atoms with Crippen LogP contribution in [0.15, 0.2) is 6.20 Å². The Bertz CT molecular complexity index is 175. The van der Waals surface area contributed by atoms with E-state index < -0.39 is 0 Å². The van der Waals surface area contributed by atoms with E-state index in [9.17, 15) is 0 Å². The fraction of sp³-hybridized carbons (Fsp3) is 0.571. The molecule has 1 aliphatic rings. The predicted octanol–water partition coefficient (Wildman–Crippen LogP) is 1.48. The van der Waals surface area contributed by atoms with Gasteiger partial charge in [-0.3, -0.25) is 5.10 Å². The smallest absolute Gasteiger partial charge is 0.0732 e. The van der Waals surface area contributed by atoms with Gasteiger partial charge in [0.2, 0.25) is 0 Å². The number of H-pyrrole nitrogens is 1. The van der Waals surface area contributed by atoms with Crippen molar-refractivity contribution >= 4 is 0 Å². The summed E-state index contributed by atoms with van der Waals surface area (Å²) in [4.78, 5) is 0. The molecule has 2 rings (SSSR count). The summed E-state index contributed by atoms with van der Waals surface area (Å²) in [6.07, 6.45) is 5.75. The molecule has 2 heteroatoms.